The van der Waals surface area contributed by atoms with E-state index in [2.05, 4.69) is 25.6 Å². The van der Waals surface area contributed by atoms with Gasteiger partial charge in [0.25, 0.3) is 0 Å². The molecular weight excluding hydrogens is 377 g/mol. The molecule has 0 aromatic carbocycles. The molecule has 1 amide bonds. The number of nitrogens with two attached hydrogens (primary N) is 1. The van der Waals surface area contributed by atoms with E-state index in [0.29, 0.717) is 41.1 Å². The molecule has 10 heteroatoms. The van der Waals surface area contributed by atoms with Crippen LogP contribution < -0.4 is 16.4 Å². The van der Waals surface area contributed by atoms with Crippen molar-refractivity contribution in [1.29, 1.82) is 0 Å². The van der Waals surface area contributed by atoms with E-state index in [1.54, 1.807) is 16.7 Å². The normalized spacial score (nSPS) is 19.2. The van der Waals surface area contributed by atoms with Gasteiger partial charge in [-0.25, -0.2) is 24.1 Å². The Kier molecular flexibility index (Phi) is 5.15. The van der Waals surface area contributed by atoms with E-state index in [-0.39, 0.29) is 11.9 Å². The number of pyridine rings is 1. The summed E-state index contributed by atoms with van der Waals surface area (Å²) in [4.78, 5) is 23.7. The summed E-state index contributed by atoms with van der Waals surface area (Å²) in [5, 5.41) is 14.6. The summed E-state index contributed by atoms with van der Waals surface area (Å²) in [5.41, 5.74) is 7.67. The first-order valence-corrected chi connectivity index (χ1v) is 9.48. The van der Waals surface area contributed by atoms with Crippen molar-refractivity contribution in [2.24, 2.45) is 5.92 Å². The van der Waals surface area contributed by atoms with Crippen LogP contribution in [0.3, 0.4) is 0 Å². The molecule has 1 aliphatic rings. The number of carbonyl (C=O) groups is 1. The van der Waals surface area contributed by atoms with Crippen LogP contribution in [0.1, 0.15) is 25.7 Å². The van der Waals surface area contributed by atoms with Crippen LogP contribution in [0.15, 0.2) is 30.7 Å². The van der Waals surface area contributed by atoms with Gasteiger partial charge in [0.15, 0.2) is 11.6 Å². The Bertz CT molecular complexity index is 1030. The number of fused-ring (bicyclic) bond motifs is 1. The van der Waals surface area contributed by atoms with Crippen molar-refractivity contribution in [3.8, 4) is 11.5 Å². The van der Waals surface area contributed by atoms with E-state index in [1.165, 1.54) is 18.5 Å². The minimum Gasteiger partial charge on any atom is -0.465 e. The number of nitrogens with zero attached hydrogens (tertiary/aromatic N) is 4. The SMILES string of the molecule is Nc1cnc(-c2cnc3ccc(F)cn23)nc1NC1CCC(CNC(=O)O)CC1. The van der Waals surface area contributed by atoms with Crippen LogP contribution in [-0.4, -0.2) is 43.1 Å². The molecule has 1 fully saturated rings. The Morgan fingerprint density at radius 3 is 2.79 bits per heavy atom. The zero-order valence-corrected chi connectivity index (χ0v) is 15.7. The van der Waals surface area contributed by atoms with Gasteiger partial charge in [0.1, 0.15) is 17.2 Å². The van der Waals surface area contributed by atoms with E-state index < -0.39 is 6.09 Å². The van der Waals surface area contributed by atoms with Crippen LogP contribution in [0.2, 0.25) is 0 Å². The summed E-state index contributed by atoms with van der Waals surface area (Å²) in [7, 11) is 0. The highest BCUT2D eigenvalue weighted by Gasteiger charge is 2.23. The van der Waals surface area contributed by atoms with Crippen LogP contribution in [0, 0.1) is 11.7 Å². The van der Waals surface area contributed by atoms with E-state index in [9.17, 15) is 9.18 Å². The highest BCUT2D eigenvalue weighted by atomic mass is 19.1. The van der Waals surface area contributed by atoms with E-state index in [4.69, 9.17) is 10.8 Å². The van der Waals surface area contributed by atoms with Crippen LogP contribution in [0.5, 0.6) is 0 Å². The van der Waals surface area contributed by atoms with Gasteiger partial charge in [-0.05, 0) is 43.7 Å². The summed E-state index contributed by atoms with van der Waals surface area (Å²) in [6.07, 6.45) is 7.12. The molecule has 1 saturated carbocycles. The van der Waals surface area contributed by atoms with Gasteiger partial charge in [-0.2, -0.15) is 0 Å². The second-order valence-electron chi connectivity index (χ2n) is 7.26. The highest BCUT2D eigenvalue weighted by molar-refractivity contribution is 5.66. The van der Waals surface area contributed by atoms with Gasteiger partial charge in [0.2, 0.25) is 0 Å². The minimum absolute atomic E-state index is 0.195. The van der Waals surface area contributed by atoms with E-state index >= 15 is 0 Å². The maximum atomic E-state index is 13.6. The van der Waals surface area contributed by atoms with Gasteiger partial charge < -0.3 is 21.5 Å². The zero-order chi connectivity index (χ0) is 20.4. The fraction of sp³-hybridized carbons (Fsp3) is 0.368. The number of amides is 1. The smallest absolute Gasteiger partial charge is 0.404 e. The summed E-state index contributed by atoms with van der Waals surface area (Å²) in [5.74, 6) is 0.905. The molecule has 4 rings (SSSR count). The van der Waals surface area contributed by atoms with Crippen molar-refractivity contribution in [1.82, 2.24) is 24.7 Å². The third kappa shape index (κ3) is 4.20. The van der Waals surface area contributed by atoms with Crippen molar-refractivity contribution in [2.75, 3.05) is 17.6 Å². The molecule has 0 aliphatic heterocycles. The number of imidazole rings is 1. The van der Waals surface area contributed by atoms with Gasteiger partial charge in [-0.15, -0.1) is 0 Å². The topological polar surface area (TPSA) is 130 Å². The molecule has 29 heavy (non-hydrogen) atoms. The Labute approximate surface area is 166 Å². The summed E-state index contributed by atoms with van der Waals surface area (Å²) in [6, 6.07) is 3.14. The van der Waals surface area contributed by atoms with Gasteiger partial charge in [-0.3, -0.25) is 4.40 Å². The minimum atomic E-state index is -0.987. The number of anilines is 2. The summed E-state index contributed by atoms with van der Waals surface area (Å²) in [6.45, 7) is 0.479. The maximum Gasteiger partial charge on any atom is 0.404 e. The number of rotatable bonds is 5. The first-order chi connectivity index (χ1) is 14.0. The molecule has 3 heterocycles. The number of nitrogen functional groups attached to an aromatic ring is 1. The lowest BCUT2D eigenvalue weighted by Gasteiger charge is -2.29. The average Bonchev–Trinajstić information content (AvgIpc) is 3.12. The quantitative estimate of drug-likeness (QED) is 0.519. The first-order valence-electron chi connectivity index (χ1n) is 9.48. The molecule has 1 aliphatic carbocycles. The van der Waals surface area contributed by atoms with Crippen LogP contribution in [0.4, 0.5) is 20.7 Å². The molecule has 9 nitrogen and oxygen atoms in total. The Hall–Kier alpha value is -3.43. The Morgan fingerprint density at radius 2 is 2.03 bits per heavy atom. The number of carboxylic acid groups (broad SMARTS) is 1. The van der Waals surface area contributed by atoms with Crippen molar-refractivity contribution < 1.29 is 14.3 Å². The van der Waals surface area contributed by atoms with Gasteiger partial charge in [-0.1, -0.05) is 0 Å². The average molecular weight is 399 g/mol. The van der Waals surface area contributed by atoms with Gasteiger partial charge in [0, 0.05) is 18.8 Å². The molecule has 3 aromatic heterocycles. The fourth-order valence-corrected chi connectivity index (χ4v) is 3.69. The lowest BCUT2D eigenvalue weighted by atomic mass is 9.86. The lowest BCUT2D eigenvalue weighted by molar-refractivity contribution is 0.190. The van der Waals surface area contributed by atoms with Gasteiger partial charge >= 0.3 is 6.09 Å². The van der Waals surface area contributed by atoms with Crippen LogP contribution >= 0.6 is 0 Å². The zero-order valence-electron chi connectivity index (χ0n) is 15.7. The molecule has 0 unspecified atom stereocenters. The van der Waals surface area contributed by atoms with Crippen molar-refractivity contribution >= 4 is 23.2 Å². The second-order valence-corrected chi connectivity index (χ2v) is 7.26. The van der Waals surface area contributed by atoms with Crippen molar-refractivity contribution in [3.63, 3.8) is 0 Å². The first kappa shape index (κ1) is 18.9. The Balaban J connectivity index is 1.48. The predicted molar refractivity (Wildman–Crippen MR) is 106 cm³/mol. The van der Waals surface area contributed by atoms with Crippen molar-refractivity contribution in [2.45, 2.75) is 31.7 Å². The predicted octanol–water partition coefficient (Wildman–Crippen LogP) is 2.75. The molecule has 0 bridgehead atoms. The van der Waals surface area contributed by atoms with Crippen molar-refractivity contribution in [3.05, 3.63) is 36.5 Å². The van der Waals surface area contributed by atoms with Crippen LogP contribution in [-0.2, 0) is 0 Å². The monoisotopic (exact) mass is 399 g/mol. The maximum absolute atomic E-state index is 13.6. The second kappa shape index (κ2) is 7.90. The third-order valence-electron chi connectivity index (χ3n) is 5.25. The molecule has 0 saturated heterocycles. The standard InChI is InChI=1S/C19H22FN7O2/c20-12-3-6-16-22-9-15(27(16)10-12)18-23-8-14(21)17(26-18)25-13-4-1-11(2-5-13)7-24-19(28)29/h3,6,8-11,13,24H,1-2,4-5,7,21H2,(H,28,29)(H,23,25,26). The number of aromatic nitrogens is 4. The van der Waals surface area contributed by atoms with E-state index in [0.717, 1.165) is 25.7 Å². The molecule has 0 atom stereocenters. The van der Waals surface area contributed by atoms with Crippen LogP contribution in [0.25, 0.3) is 17.2 Å². The molecule has 152 valence electrons. The number of halogens is 1. The summed E-state index contributed by atoms with van der Waals surface area (Å²) < 4.78 is 15.2. The largest absolute Gasteiger partial charge is 0.465 e. The van der Waals surface area contributed by atoms with Gasteiger partial charge in [0.05, 0.1) is 18.1 Å². The highest BCUT2D eigenvalue weighted by Crippen LogP contribution is 2.28. The summed E-state index contributed by atoms with van der Waals surface area (Å²) >= 11 is 0. The number of hydrogen-bond acceptors (Lipinski definition) is 6. The number of nitrogens with one attached hydrogen (secondary N) is 2. The molecule has 5 N–H and O–H groups in total. The fourth-order valence-electron chi connectivity index (χ4n) is 3.69. The lowest BCUT2D eigenvalue weighted by Crippen LogP contribution is -2.33. The molecule has 3 aromatic rings. The molecule has 0 spiro atoms. The van der Waals surface area contributed by atoms with E-state index in [1.807, 2.05) is 0 Å². The molecule has 0 radical (unpaired) electrons. The third-order valence-corrected chi connectivity index (χ3v) is 5.25. The Morgan fingerprint density at radius 1 is 1.24 bits per heavy atom. The number of hydrogen-bond donors (Lipinski definition) is 4. The molecular formula is C19H22FN7O2.